The van der Waals surface area contributed by atoms with Gasteiger partial charge >= 0.3 is 0 Å². The molecule has 0 amide bonds. The van der Waals surface area contributed by atoms with Gasteiger partial charge in [-0.1, -0.05) is 41.9 Å². The van der Waals surface area contributed by atoms with Crippen molar-refractivity contribution >= 4 is 32.5 Å². The minimum Gasteiger partial charge on any atom is -0.361 e. The van der Waals surface area contributed by atoms with Gasteiger partial charge in [0.25, 0.3) is 0 Å². The number of aromatic nitrogens is 1. The molecule has 0 aliphatic heterocycles. The van der Waals surface area contributed by atoms with Crippen LogP contribution in [0, 0.1) is 0 Å². The molecule has 1 aromatic heterocycles. The third-order valence-electron chi connectivity index (χ3n) is 4.74. The summed E-state index contributed by atoms with van der Waals surface area (Å²) in [4.78, 5) is 3.40. The number of rotatable bonds is 5. The molecule has 4 rings (SSSR count). The summed E-state index contributed by atoms with van der Waals surface area (Å²) < 4.78 is 27.9. The predicted molar refractivity (Wildman–Crippen MR) is 95.9 cm³/mol. The Hall–Kier alpha value is -1.82. The van der Waals surface area contributed by atoms with E-state index in [2.05, 4.69) is 15.8 Å². The van der Waals surface area contributed by atoms with Crippen molar-refractivity contribution in [3.8, 4) is 0 Å². The van der Waals surface area contributed by atoms with Gasteiger partial charge in [0.15, 0.2) is 0 Å². The molecule has 1 fully saturated rings. The van der Waals surface area contributed by atoms with Crippen LogP contribution in [-0.2, 0) is 15.4 Å². The van der Waals surface area contributed by atoms with Crippen molar-refractivity contribution in [2.45, 2.75) is 23.2 Å². The number of benzene rings is 2. The lowest BCUT2D eigenvalue weighted by atomic mass is 9.96. The molecule has 124 valence electrons. The van der Waals surface area contributed by atoms with Crippen LogP contribution in [0.1, 0.15) is 18.4 Å². The Balaban J connectivity index is 1.61. The zero-order chi connectivity index (χ0) is 16.8. The van der Waals surface area contributed by atoms with E-state index in [-0.39, 0.29) is 15.3 Å². The summed E-state index contributed by atoms with van der Waals surface area (Å²) in [5.41, 5.74) is 2.13. The van der Waals surface area contributed by atoms with Gasteiger partial charge in [0, 0.05) is 29.1 Å². The van der Waals surface area contributed by atoms with Gasteiger partial charge in [0.1, 0.15) is 4.90 Å². The maximum Gasteiger partial charge on any atom is 0.242 e. The lowest BCUT2D eigenvalue weighted by Gasteiger charge is -2.16. The molecule has 24 heavy (non-hydrogen) atoms. The Bertz CT molecular complexity index is 1010. The molecule has 0 spiro atoms. The summed E-state index contributed by atoms with van der Waals surface area (Å²) in [6.45, 7) is 0.377. The fourth-order valence-electron chi connectivity index (χ4n) is 3.18. The smallest absolute Gasteiger partial charge is 0.242 e. The zero-order valence-electron chi connectivity index (χ0n) is 12.9. The second-order valence-corrected chi connectivity index (χ2v) is 8.43. The Morgan fingerprint density at radius 1 is 1.08 bits per heavy atom. The van der Waals surface area contributed by atoms with E-state index in [1.807, 2.05) is 24.4 Å². The maximum absolute atomic E-state index is 12.6. The summed E-state index contributed by atoms with van der Waals surface area (Å²) in [6.07, 6.45) is 3.95. The molecule has 4 nitrogen and oxygen atoms in total. The van der Waals surface area contributed by atoms with Gasteiger partial charge in [0.2, 0.25) is 10.0 Å². The van der Waals surface area contributed by atoms with Crippen LogP contribution < -0.4 is 4.72 Å². The number of hydrogen-bond acceptors (Lipinski definition) is 2. The highest BCUT2D eigenvalue weighted by Crippen LogP contribution is 2.50. The van der Waals surface area contributed by atoms with E-state index in [1.54, 1.807) is 18.2 Å². The first kappa shape index (κ1) is 15.7. The van der Waals surface area contributed by atoms with Crippen LogP contribution in [-0.4, -0.2) is 19.9 Å². The molecule has 1 aliphatic carbocycles. The van der Waals surface area contributed by atoms with Crippen molar-refractivity contribution in [2.24, 2.45) is 0 Å². The molecule has 0 unspecified atom stereocenters. The zero-order valence-corrected chi connectivity index (χ0v) is 14.5. The normalized spacial score (nSPS) is 16.4. The number of hydrogen-bond donors (Lipinski definition) is 2. The summed E-state index contributed by atoms with van der Waals surface area (Å²) in [5.74, 6) is 0. The van der Waals surface area contributed by atoms with E-state index in [1.165, 1.54) is 11.6 Å². The van der Waals surface area contributed by atoms with E-state index in [9.17, 15) is 8.42 Å². The second kappa shape index (κ2) is 5.62. The molecular formula is C18H17ClN2O2S. The number of fused-ring (bicyclic) bond motifs is 1. The number of para-hydroxylation sites is 1. The second-order valence-electron chi connectivity index (χ2n) is 6.28. The first-order valence-electron chi connectivity index (χ1n) is 7.83. The van der Waals surface area contributed by atoms with Gasteiger partial charge in [-0.2, -0.15) is 0 Å². The first-order valence-corrected chi connectivity index (χ1v) is 9.69. The predicted octanol–water partition coefficient (Wildman–Crippen LogP) is 3.83. The molecule has 1 aliphatic rings. The highest BCUT2D eigenvalue weighted by Gasteiger charge is 2.46. The Labute approximate surface area is 145 Å². The van der Waals surface area contributed by atoms with Crippen molar-refractivity contribution in [3.05, 3.63) is 65.3 Å². The van der Waals surface area contributed by atoms with Crippen LogP contribution in [0.5, 0.6) is 0 Å². The molecule has 2 aromatic carbocycles. The van der Waals surface area contributed by atoms with E-state index in [0.717, 1.165) is 23.7 Å². The lowest BCUT2D eigenvalue weighted by Crippen LogP contribution is -2.32. The highest BCUT2D eigenvalue weighted by atomic mass is 35.5. The van der Waals surface area contributed by atoms with Crippen LogP contribution in [0.4, 0.5) is 0 Å². The molecule has 3 aromatic rings. The summed E-state index contributed by atoms with van der Waals surface area (Å²) in [7, 11) is -3.62. The maximum atomic E-state index is 12.6. The van der Waals surface area contributed by atoms with Crippen LogP contribution in [0.2, 0.25) is 5.02 Å². The third kappa shape index (κ3) is 2.62. The largest absolute Gasteiger partial charge is 0.361 e. The Kier molecular flexibility index (Phi) is 3.67. The fraction of sp³-hybridized carbons (Fsp3) is 0.222. The molecule has 1 heterocycles. The molecule has 6 heteroatoms. The number of sulfonamides is 1. The van der Waals surface area contributed by atoms with Gasteiger partial charge in [-0.15, -0.1) is 0 Å². The molecule has 0 bridgehead atoms. The van der Waals surface area contributed by atoms with Crippen molar-refractivity contribution in [3.63, 3.8) is 0 Å². The van der Waals surface area contributed by atoms with E-state index in [4.69, 9.17) is 11.6 Å². The molecule has 0 radical (unpaired) electrons. The van der Waals surface area contributed by atoms with E-state index in [0.29, 0.717) is 6.54 Å². The molecule has 0 saturated heterocycles. The first-order chi connectivity index (χ1) is 11.5. The molecular weight excluding hydrogens is 344 g/mol. The number of H-pyrrole nitrogens is 1. The van der Waals surface area contributed by atoms with Crippen LogP contribution in [0.15, 0.2) is 59.6 Å². The highest BCUT2D eigenvalue weighted by molar-refractivity contribution is 7.89. The molecule has 0 atom stereocenters. The van der Waals surface area contributed by atoms with Gasteiger partial charge in [-0.25, -0.2) is 13.1 Å². The average Bonchev–Trinajstić information content (AvgIpc) is 3.24. The van der Waals surface area contributed by atoms with E-state index < -0.39 is 10.0 Å². The van der Waals surface area contributed by atoms with Crippen molar-refractivity contribution in [1.82, 2.24) is 9.71 Å². The van der Waals surface area contributed by atoms with Crippen molar-refractivity contribution in [1.29, 1.82) is 0 Å². The SMILES string of the molecule is O=S(=O)(NCC1(c2c[nH]c3ccccc23)CC1)c1ccccc1Cl. The molecule has 1 saturated carbocycles. The monoisotopic (exact) mass is 360 g/mol. The lowest BCUT2D eigenvalue weighted by molar-refractivity contribution is 0.568. The van der Waals surface area contributed by atoms with Gasteiger partial charge in [-0.3, -0.25) is 0 Å². The van der Waals surface area contributed by atoms with Crippen molar-refractivity contribution in [2.75, 3.05) is 6.54 Å². The minimum absolute atomic E-state index is 0.126. The standard InChI is InChI=1S/C18H17ClN2O2S/c19-15-6-2-4-8-17(15)24(22,23)21-12-18(9-10-18)14-11-20-16-7-3-1-5-13(14)16/h1-8,11,20-21H,9-10,12H2. The van der Waals surface area contributed by atoms with Crippen molar-refractivity contribution < 1.29 is 8.42 Å². The number of aromatic amines is 1. The molecule has 2 N–H and O–H groups in total. The van der Waals surface area contributed by atoms with Crippen LogP contribution in [0.3, 0.4) is 0 Å². The quantitative estimate of drug-likeness (QED) is 0.726. The van der Waals surface area contributed by atoms with E-state index >= 15 is 0 Å². The van der Waals surface area contributed by atoms with Gasteiger partial charge in [-0.05, 0) is 36.6 Å². The third-order valence-corrected chi connectivity index (χ3v) is 6.64. The fourth-order valence-corrected chi connectivity index (χ4v) is 4.82. The minimum atomic E-state index is -3.62. The summed E-state index contributed by atoms with van der Waals surface area (Å²) in [5, 5.41) is 1.40. The Morgan fingerprint density at radius 3 is 2.54 bits per heavy atom. The number of halogens is 1. The van der Waals surface area contributed by atoms with Crippen LogP contribution >= 0.6 is 11.6 Å². The average molecular weight is 361 g/mol. The van der Waals surface area contributed by atoms with Crippen LogP contribution in [0.25, 0.3) is 10.9 Å². The number of nitrogens with one attached hydrogen (secondary N) is 2. The van der Waals surface area contributed by atoms with Gasteiger partial charge < -0.3 is 4.98 Å². The topological polar surface area (TPSA) is 62.0 Å². The summed E-state index contributed by atoms with van der Waals surface area (Å²) >= 11 is 6.03. The summed E-state index contributed by atoms with van der Waals surface area (Å²) in [6, 6.07) is 14.6. The van der Waals surface area contributed by atoms with Gasteiger partial charge in [0.05, 0.1) is 5.02 Å². The Morgan fingerprint density at radius 2 is 1.79 bits per heavy atom.